The SMILES string of the molecule is CCCN(Cc1c(-c2ccccc2)nn(C)c1Oc1cccc(OC)c1)C(=O)c1ccccc1F. The van der Waals surface area contributed by atoms with E-state index in [1.165, 1.54) is 12.1 Å². The maximum absolute atomic E-state index is 14.5. The number of aromatic nitrogens is 2. The van der Waals surface area contributed by atoms with Gasteiger partial charge in [-0.05, 0) is 30.7 Å². The van der Waals surface area contributed by atoms with Crippen molar-refractivity contribution in [1.29, 1.82) is 0 Å². The number of halogens is 1. The zero-order chi connectivity index (χ0) is 24.8. The van der Waals surface area contributed by atoms with Crippen molar-refractivity contribution in [2.24, 2.45) is 7.05 Å². The van der Waals surface area contributed by atoms with Gasteiger partial charge in [0.05, 0.1) is 24.8 Å². The number of hydrogen-bond acceptors (Lipinski definition) is 4. The van der Waals surface area contributed by atoms with Crippen LogP contribution in [0.4, 0.5) is 4.39 Å². The topological polar surface area (TPSA) is 56.6 Å². The van der Waals surface area contributed by atoms with Gasteiger partial charge in [0, 0.05) is 25.2 Å². The quantitative estimate of drug-likeness (QED) is 0.296. The van der Waals surface area contributed by atoms with Crippen molar-refractivity contribution in [1.82, 2.24) is 14.7 Å². The largest absolute Gasteiger partial charge is 0.497 e. The Balaban J connectivity index is 1.78. The Morgan fingerprint density at radius 1 is 1.00 bits per heavy atom. The summed E-state index contributed by atoms with van der Waals surface area (Å²) >= 11 is 0. The molecule has 0 aliphatic carbocycles. The highest BCUT2D eigenvalue weighted by molar-refractivity contribution is 5.94. The first kappa shape index (κ1) is 24.0. The van der Waals surface area contributed by atoms with Gasteiger partial charge in [0.15, 0.2) is 0 Å². The van der Waals surface area contributed by atoms with Gasteiger partial charge in [0.1, 0.15) is 23.0 Å². The Bertz CT molecular complexity index is 1300. The molecule has 0 unspecified atom stereocenters. The molecular weight excluding hydrogens is 445 g/mol. The van der Waals surface area contributed by atoms with Crippen molar-refractivity contribution in [3.63, 3.8) is 0 Å². The second-order valence-corrected chi connectivity index (χ2v) is 8.11. The van der Waals surface area contributed by atoms with Crippen molar-refractivity contribution in [3.05, 3.63) is 95.8 Å². The van der Waals surface area contributed by atoms with Crippen LogP contribution in [0.1, 0.15) is 29.3 Å². The summed E-state index contributed by atoms with van der Waals surface area (Å²) in [6.07, 6.45) is 0.715. The number of ether oxygens (including phenoxy) is 2. The van der Waals surface area contributed by atoms with E-state index >= 15 is 0 Å². The third kappa shape index (κ3) is 5.35. The van der Waals surface area contributed by atoms with Gasteiger partial charge in [0.25, 0.3) is 5.91 Å². The summed E-state index contributed by atoms with van der Waals surface area (Å²) in [4.78, 5) is 15.0. The molecule has 35 heavy (non-hydrogen) atoms. The van der Waals surface area contributed by atoms with E-state index < -0.39 is 5.82 Å². The molecule has 1 heterocycles. The predicted octanol–water partition coefficient (Wildman–Crippen LogP) is 6.08. The number of amides is 1. The summed E-state index contributed by atoms with van der Waals surface area (Å²) < 4.78 is 27.7. The van der Waals surface area contributed by atoms with E-state index in [1.54, 1.807) is 41.9 Å². The molecule has 0 N–H and O–H groups in total. The Morgan fingerprint density at radius 2 is 1.71 bits per heavy atom. The van der Waals surface area contributed by atoms with Crippen LogP contribution in [-0.2, 0) is 13.6 Å². The molecule has 6 nitrogen and oxygen atoms in total. The zero-order valence-electron chi connectivity index (χ0n) is 20.1. The van der Waals surface area contributed by atoms with Crippen LogP contribution in [0.3, 0.4) is 0 Å². The van der Waals surface area contributed by atoms with E-state index in [1.807, 2.05) is 55.5 Å². The number of rotatable bonds is 9. The highest BCUT2D eigenvalue weighted by Gasteiger charge is 2.26. The third-order valence-corrected chi connectivity index (χ3v) is 5.62. The Hall–Kier alpha value is -4.13. The standard InChI is InChI=1S/C28H28FN3O3/c1-4-17-32(27(33)23-15-8-9-16-25(23)29)19-24-26(20-11-6-5-7-12-20)30-31(2)28(24)35-22-14-10-13-21(18-22)34-3/h5-16,18H,4,17,19H2,1-3H3. The first-order valence-electron chi connectivity index (χ1n) is 11.5. The van der Waals surface area contributed by atoms with Crippen LogP contribution in [0.2, 0.25) is 0 Å². The van der Waals surface area contributed by atoms with Gasteiger partial charge < -0.3 is 14.4 Å². The highest BCUT2D eigenvalue weighted by atomic mass is 19.1. The van der Waals surface area contributed by atoms with Crippen LogP contribution in [0.25, 0.3) is 11.3 Å². The van der Waals surface area contributed by atoms with Gasteiger partial charge in [-0.2, -0.15) is 5.10 Å². The normalized spacial score (nSPS) is 10.7. The van der Waals surface area contributed by atoms with Gasteiger partial charge in [-0.25, -0.2) is 9.07 Å². The van der Waals surface area contributed by atoms with Crippen molar-refractivity contribution < 1.29 is 18.7 Å². The van der Waals surface area contributed by atoms with E-state index in [9.17, 15) is 9.18 Å². The zero-order valence-corrected chi connectivity index (χ0v) is 20.1. The average molecular weight is 474 g/mol. The molecule has 7 heteroatoms. The molecule has 0 atom stereocenters. The summed E-state index contributed by atoms with van der Waals surface area (Å²) in [5.41, 5.74) is 2.38. The first-order chi connectivity index (χ1) is 17.0. The summed E-state index contributed by atoms with van der Waals surface area (Å²) in [6, 6.07) is 23.1. The minimum absolute atomic E-state index is 0.0429. The molecule has 0 fully saturated rings. The van der Waals surface area contributed by atoms with Gasteiger partial charge in [-0.1, -0.05) is 55.5 Å². The van der Waals surface area contributed by atoms with Crippen LogP contribution in [0, 0.1) is 5.82 Å². The van der Waals surface area contributed by atoms with Crippen molar-refractivity contribution >= 4 is 5.91 Å². The van der Waals surface area contributed by atoms with E-state index in [2.05, 4.69) is 0 Å². The van der Waals surface area contributed by atoms with E-state index in [-0.39, 0.29) is 18.0 Å². The molecule has 4 rings (SSSR count). The van der Waals surface area contributed by atoms with Crippen molar-refractivity contribution in [2.45, 2.75) is 19.9 Å². The fraction of sp³-hybridized carbons (Fsp3) is 0.214. The maximum Gasteiger partial charge on any atom is 0.257 e. The van der Waals surface area contributed by atoms with Gasteiger partial charge in [-0.15, -0.1) is 0 Å². The summed E-state index contributed by atoms with van der Waals surface area (Å²) in [6.45, 7) is 2.64. The Labute approximate surface area is 204 Å². The molecule has 0 aliphatic heterocycles. The fourth-order valence-corrected chi connectivity index (χ4v) is 3.95. The molecule has 1 amide bonds. The van der Waals surface area contributed by atoms with Crippen LogP contribution >= 0.6 is 0 Å². The molecule has 0 aliphatic rings. The number of carbonyl (C=O) groups excluding carboxylic acids is 1. The molecule has 1 aromatic heterocycles. The Morgan fingerprint density at radius 3 is 2.43 bits per heavy atom. The lowest BCUT2D eigenvalue weighted by atomic mass is 10.1. The monoisotopic (exact) mass is 473 g/mol. The second-order valence-electron chi connectivity index (χ2n) is 8.11. The average Bonchev–Trinajstić information content (AvgIpc) is 3.19. The van der Waals surface area contributed by atoms with Crippen LogP contribution < -0.4 is 9.47 Å². The lowest BCUT2D eigenvalue weighted by Gasteiger charge is -2.23. The van der Waals surface area contributed by atoms with E-state index in [0.29, 0.717) is 36.0 Å². The molecule has 0 saturated carbocycles. The fourth-order valence-electron chi connectivity index (χ4n) is 3.95. The number of hydrogen-bond donors (Lipinski definition) is 0. The second kappa shape index (κ2) is 10.9. The highest BCUT2D eigenvalue weighted by Crippen LogP contribution is 2.35. The van der Waals surface area contributed by atoms with Crippen LogP contribution in [0.15, 0.2) is 78.9 Å². The number of nitrogens with zero attached hydrogens (tertiary/aromatic N) is 3. The molecule has 4 aromatic rings. The molecule has 3 aromatic carbocycles. The molecule has 0 radical (unpaired) electrons. The number of aryl methyl sites for hydroxylation is 1. The van der Waals surface area contributed by atoms with E-state index in [4.69, 9.17) is 14.6 Å². The summed E-state index contributed by atoms with van der Waals surface area (Å²) in [5, 5.41) is 4.73. The van der Waals surface area contributed by atoms with Crippen molar-refractivity contribution in [2.75, 3.05) is 13.7 Å². The summed E-state index contributed by atoms with van der Waals surface area (Å²) in [7, 11) is 3.40. The lowest BCUT2D eigenvalue weighted by molar-refractivity contribution is 0.0738. The first-order valence-corrected chi connectivity index (χ1v) is 11.5. The van der Waals surface area contributed by atoms with E-state index in [0.717, 1.165) is 11.1 Å². The van der Waals surface area contributed by atoms with Crippen LogP contribution in [-0.4, -0.2) is 34.2 Å². The molecule has 180 valence electrons. The van der Waals surface area contributed by atoms with Crippen molar-refractivity contribution in [3.8, 4) is 28.6 Å². The predicted molar refractivity (Wildman–Crippen MR) is 133 cm³/mol. The third-order valence-electron chi connectivity index (χ3n) is 5.62. The smallest absolute Gasteiger partial charge is 0.257 e. The van der Waals surface area contributed by atoms with Gasteiger partial charge in [-0.3, -0.25) is 4.79 Å². The van der Waals surface area contributed by atoms with Gasteiger partial charge >= 0.3 is 0 Å². The Kier molecular flexibility index (Phi) is 7.45. The minimum Gasteiger partial charge on any atom is -0.497 e. The molecule has 0 saturated heterocycles. The molecule has 0 bridgehead atoms. The molecule has 0 spiro atoms. The number of benzene rings is 3. The maximum atomic E-state index is 14.5. The number of methoxy groups -OCH3 is 1. The minimum atomic E-state index is -0.541. The number of carbonyl (C=O) groups is 1. The lowest BCUT2D eigenvalue weighted by Crippen LogP contribution is -2.32. The van der Waals surface area contributed by atoms with Crippen LogP contribution in [0.5, 0.6) is 17.4 Å². The summed E-state index contributed by atoms with van der Waals surface area (Å²) in [5.74, 6) is 0.827. The molecular formula is C28H28FN3O3. The van der Waals surface area contributed by atoms with Gasteiger partial charge in [0.2, 0.25) is 5.88 Å².